The number of benzene rings is 2. The van der Waals surface area contributed by atoms with Crippen LogP contribution in [0.4, 0.5) is 16.5 Å². The SMILES string of the molecule is CCc1ccc(Nc2sc3c(-c4ccc(C)cc4)c(C#N)c(N)nc3c2C(=O)NCc2ccco2)cc1. The molecule has 1 amide bonds. The lowest BCUT2D eigenvalue weighted by Crippen LogP contribution is -2.23. The van der Waals surface area contributed by atoms with Gasteiger partial charge in [-0.25, -0.2) is 4.98 Å². The first-order valence-corrected chi connectivity index (χ1v) is 12.7. The summed E-state index contributed by atoms with van der Waals surface area (Å²) in [4.78, 5) is 18.1. The minimum atomic E-state index is -0.318. The van der Waals surface area contributed by atoms with Crippen molar-refractivity contribution < 1.29 is 9.21 Å². The summed E-state index contributed by atoms with van der Waals surface area (Å²) in [7, 11) is 0. The van der Waals surface area contributed by atoms with Gasteiger partial charge < -0.3 is 20.8 Å². The Balaban J connectivity index is 1.68. The highest BCUT2D eigenvalue weighted by Crippen LogP contribution is 2.44. The van der Waals surface area contributed by atoms with Gasteiger partial charge in [-0.3, -0.25) is 4.79 Å². The minimum Gasteiger partial charge on any atom is -0.467 e. The van der Waals surface area contributed by atoms with Crippen LogP contribution in [0.25, 0.3) is 21.3 Å². The van der Waals surface area contributed by atoms with E-state index in [1.54, 1.807) is 18.4 Å². The lowest BCUT2D eigenvalue weighted by molar-refractivity contribution is 0.0950. The van der Waals surface area contributed by atoms with E-state index < -0.39 is 0 Å². The maximum absolute atomic E-state index is 13.6. The minimum absolute atomic E-state index is 0.0855. The fourth-order valence-electron chi connectivity index (χ4n) is 4.15. The van der Waals surface area contributed by atoms with E-state index in [2.05, 4.69) is 28.6 Å². The number of hydrogen-bond donors (Lipinski definition) is 3. The van der Waals surface area contributed by atoms with Crippen molar-refractivity contribution in [3.63, 3.8) is 0 Å². The number of amides is 1. The standard InChI is InChI=1S/C29H25N5O2S/c1-3-18-8-12-20(13-9-18)33-29-24(28(35)32-16-21-5-4-14-36-21)25-26(37-29)23(22(15-30)27(31)34-25)19-10-6-17(2)7-11-19/h4-14,33H,3,16H2,1-2H3,(H2,31,34)(H,32,35). The number of nitrogens with two attached hydrogens (primary N) is 1. The van der Waals surface area contributed by atoms with E-state index in [0.717, 1.165) is 23.2 Å². The summed E-state index contributed by atoms with van der Waals surface area (Å²) in [6, 6.07) is 21.7. The number of carbonyl (C=O) groups excluding carboxylic acids is 1. The molecule has 3 aromatic heterocycles. The van der Waals surface area contributed by atoms with Crippen molar-refractivity contribution in [2.75, 3.05) is 11.1 Å². The summed E-state index contributed by atoms with van der Waals surface area (Å²) in [5.74, 6) is 0.404. The quantitative estimate of drug-likeness (QED) is 0.230. The van der Waals surface area contributed by atoms with Gasteiger partial charge in [0.1, 0.15) is 33.8 Å². The lowest BCUT2D eigenvalue weighted by atomic mass is 9.99. The van der Waals surface area contributed by atoms with Crippen LogP contribution in [0, 0.1) is 18.3 Å². The molecule has 8 heteroatoms. The maximum atomic E-state index is 13.6. The predicted molar refractivity (Wildman–Crippen MR) is 148 cm³/mol. The summed E-state index contributed by atoms with van der Waals surface area (Å²) in [5.41, 5.74) is 12.1. The highest BCUT2D eigenvalue weighted by atomic mass is 32.1. The van der Waals surface area contributed by atoms with Gasteiger partial charge in [-0.15, -0.1) is 11.3 Å². The van der Waals surface area contributed by atoms with E-state index in [-0.39, 0.29) is 18.3 Å². The van der Waals surface area contributed by atoms with Crippen LogP contribution in [0.3, 0.4) is 0 Å². The summed E-state index contributed by atoms with van der Waals surface area (Å²) >= 11 is 1.38. The highest BCUT2D eigenvalue weighted by molar-refractivity contribution is 7.24. The fraction of sp³-hybridized carbons (Fsp3) is 0.138. The summed E-state index contributed by atoms with van der Waals surface area (Å²) in [6.45, 7) is 4.33. The molecule has 0 saturated carbocycles. The number of furan rings is 1. The highest BCUT2D eigenvalue weighted by Gasteiger charge is 2.26. The van der Waals surface area contributed by atoms with E-state index in [1.165, 1.54) is 16.9 Å². The first-order valence-electron chi connectivity index (χ1n) is 11.9. The Bertz CT molecular complexity index is 1610. The molecule has 0 fully saturated rings. The maximum Gasteiger partial charge on any atom is 0.256 e. The number of nitrogens with one attached hydrogen (secondary N) is 2. The first-order chi connectivity index (χ1) is 18.0. The monoisotopic (exact) mass is 507 g/mol. The number of aromatic nitrogens is 1. The Morgan fingerprint density at radius 3 is 2.54 bits per heavy atom. The van der Waals surface area contributed by atoms with Gasteiger partial charge in [-0.2, -0.15) is 5.26 Å². The molecule has 0 atom stereocenters. The third kappa shape index (κ3) is 4.77. The topological polar surface area (TPSA) is 117 Å². The third-order valence-electron chi connectivity index (χ3n) is 6.15. The number of rotatable bonds is 7. The Kier molecular flexibility index (Phi) is 6.62. The summed E-state index contributed by atoms with van der Waals surface area (Å²) < 4.78 is 6.09. The van der Waals surface area contributed by atoms with E-state index >= 15 is 0 Å². The van der Waals surface area contributed by atoms with Crippen molar-refractivity contribution >= 4 is 44.0 Å². The summed E-state index contributed by atoms with van der Waals surface area (Å²) in [6.07, 6.45) is 2.50. The van der Waals surface area contributed by atoms with Gasteiger partial charge in [0.15, 0.2) is 0 Å². The number of nitrogen functional groups attached to an aromatic ring is 1. The molecule has 5 aromatic rings. The van der Waals surface area contributed by atoms with Gasteiger partial charge in [-0.1, -0.05) is 48.9 Å². The molecule has 4 N–H and O–H groups in total. The number of anilines is 3. The van der Waals surface area contributed by atoms with E-state index in [4.69, 9.17) is 10.2 Å². The van der Waals surface area contributed by atoms with Crippen LogP contribution in [-0.2, 0) is 13.0 Å². The van der Waals surface area contributed by atoms with Crippen LogP contribution < -0.4 is 16.4 Å². The van der Waals surface area contributed by atoms with Crippen molar-refractivity contribution in [1.82, 2.24) is 10.3 Å². The molecule has 0 aliphatic rings. The molecular formula is C29H25N5O2S. The van der Waals surface area contributed by atoms with Gasteiger partial charge in [0, 0.05) is 11.3 Å². The first kappa shape index (κ1) is 24.1. The zero-order chi connectivity index (χ0) is 25.9. The average molecular weight is 508 g/mol. The van der Waals surface area contributed by atoms with Gasteiger partial charge in [-0.05, 0) is 48.7 Å². The Morgan fingerprint density at radius 1 is 1.14 bits per heavy atom. The Morgan fingerprint density at radius 2 is 1.89 bits per heavy atom. The Hall–Kier alpha value is -4.61. The number of fused-ring (bicyclic) bond motifs is 1. The molecule has 37 heavy (non-hydrogen) atoms. The molecule has 0 bridgehead atoms. The van der Waals surface area contributed by atoms with Crippen molar-refractivity contribution in [3.05, 3.63) is 94.9 Å². The molecule has 0 radical (unpaired) electrons. The van der Waals surface area contributed by atoms with Crippen LogP contribution in [0.15, 0.2) is 71.3 Å². The molecule has 2 aromatic carbocycles. The lowest BCUT2D eigenvalue weighted by Gasteiger charge is -2.10. The fourth-order valence-corrected chi connectivity index (χ4v) is 5.38. The zero-order valence-electron chi connectivity index (χ0n) is 20.5. The molecule has 184 valence electrons. The number of hydrogen-bond acceptors (Lipinski definition) is 7. The normalized spacial score (nSPS) is 10.8. The molecule has 0 spiro atoms. The predicted octanol–water partition coefficient (Wildman–Crippen LogP) is 6.55. The molecule has 0 unspecified atom stereocenters. The zero-order valence-corrected chi connectivity index (χ0v) is 21.3. The molecule has 3 heterocycles. The average Bonchev–Trinajstić information content (AvgIpc) is 3.55. The second-order valence-electron chi connectivity index (χ2n) is 8.65. The van der Waals surface area contributed by atoms with Gasteiger partial charge in [0.2, 0.25) is 0 Å². The number of nitriles is 1. The third-order valence-corrected chi connectivity index (χ3v) is 7.26. The largest absolute Gasteiger partial charge is 0.467 e. The smallest absolute Gasteiger partial charge is 0.256 e. The van der Waals surface area contributed by atoms with Gasteiger partial charge in [0.25, 0.3) is 5.91 Å². The van der Waals surface area contributed by atoms with Crippen LogP contribution in [0.5, 0.6) is 0 Å². The van der Waals surface area contributed by atoms with Crippen molar-refractivity contribution in [2.24, 2.45) is 0 Å². The molecule has 5 rings (SSSR count). The second kappa shape index (κ2) is 10.2. The number of pyridine rings is 1. The number of nitrogens with zero attached hydrogens (tertiary/aromatic N) is 2. The van der Waals surface area contributed by atoms with Crippen molar-refractivity contribution in [3.8, 4) is 17.2 Å². The van der Waals surface area contributed by atoms with E-state index in [9.17, 15) is 10.1 Å². The molecule has 0 aliphatic heterocycles. The van der Waals surface area contributed by atoms with Gasteiger partial charge in [0.05, 0.1) is 23.0 Å². The molecule has 7 nitrogen and oxygen atoms in total. The Labute approximate surface area is 218 Å². The molecular weight excluding hydrogens is 482 g/mol. The van der Waals surface area contributed by atoms with Crippen LogP contribution in [-0.4, -0.2) is 10.9 Å². The second-order valence-corrected chi connectivity index (χ2v) is 9.67. The van der Waals surface area contributed by atoms with E-state index in [0.29, 0.717) is 37.7 Å². The van der Waals surface area contributed by atoms with Crippen LogP contribution >= 0.6 is 11.3 Å². The number of carbonyl (C=O) groups is 1. The van der Waals surface area contributed by atoms with Crippen molar-refractivity contribution in [1.29, 1.82) is 5.26 Å². The van der Waals surface area contributed by atoms with Gasteiger partial charge >= 0.3 is 0 Å². The van der Waals surface area contributed by atoms with Crippen LogP contribution in [0.1, 0.15) is 39.7 Å². The molecule has 0 aliphatic carbocycles. The number of aryl methyl sites for hydroxylation is 2. The molecule has 0 saturated heterocycles. The van der Waals surface area contributed by atoms with Crippen molar-refractivity contribution in [2.45, 2.75) is 26.8 Å². The number of thiophene rings is 1. The van der Waals surface area contributed by atoms with E-state index in [1.807, 2.05) is 55.5 Å². The summed E-state index contributed by atoms with van der Waals surface area (Å²) in [5, 5.41) is 16.9. The van der Waals surface area contributed by atoms with Crippen LogP contribution in [0.2, 0.25) is 0 Å².